The third kappa shape index (κ3) is 13.0. The summed E-state index contributed by atoms with van der Waals surface area (Å²) in [6, 6.07) is -0.357. The summed E-state index contributed by atoms with van der Waals surface area (Å²) < 4.78 is 0. The molecular formula is C54H74N4O6. The lowest BCUT2D eigenvalue weighted by Crippen LogP contribution is -2.32. The van der Waals surface area contributed by atoms with Crippen molar-refractivity contribution < 1.29 is 29.7 Å². The molecule has 7 atom stereocenters. The second-order valence-electron chi connectivity index (χ2n) is 18.9. The molecule has 7 N–H and O–H groups in total. The molecule has 2 saturated heterocycles. The van der Waals surface area contributed by atoms with Gasteiger partial charge in [-0.15, -0.1) is 6.58 Å². The highest BCUT2D eigenvalue weighted by Crippen LogP contribution is 2.39. The van der Waals surface area contributed by atoms with Crippen LogP contribution in [-0.4, -0.2) is 55.6 Å². The van der Waals surface area contributed by atoms with Gasteiger partial charge in [0.2, 0.25) is 0 Å². The van der Waals surface area contributed by atoms with E-state index in [1.807, 2.05) is 25.2 Å². The van der Waals surface area contributed by atoms with E-state index in [0.29, 0.717) is 41.1 Å². The largest absolute Gasteiger partial charge is 0.481 e. The van der Waals surface area contributed by atoms with Gasteiger partial charge >= 0.3 is 11.9 Å². The second-order valence-corrected chi connectivity index (χ2v) is 18.9. The number of H-pyrrole nitrogens is 2. The van der Waals surface area contributed by atoms with Gasteiger partial charge in [0.1, 0.15) is 0 Å². The number of rotatable bonds is 21. The van der Waals surface area contributed by atoms with Crippen LogP contribution in [0.15, 0.2) is 76.7 Å². The maximum atomic E-state index is 12.9. The summed E-state index contributed by atoms with van der Waals surface area (Å²) in [6.07, 6.45) is 27.5. The van der Waals surface area contributed by atoms with Crippen LogP contribution >= 0.6 is 0 Å². The fraction of sp³-hybridized carbons (Fsp3) is 0.500. The molecule has 0 spiro atoms. The van der Waals surface area contributed by atoms with Gasteiger partial charge in [-0.1, -0.05) is 66.5 Å². The standard InChI is InChI=1S/C54H74N4O6/c1-10-39-36(7)44-29-50-54(51(60)22-14-21-35(6)20-13-19-34(5)18-12-17-33(4)16-11-15-32(2)3)38(9)45(57-50)28-49-42(31-59)41(24-26-53(63)64)48(58-49)30-47-40(23-25-52(61)62)37(8)43(56-47)27-46(39)55-44/h10,15,17,19,21,27-31,36-37,39-40,43,47,51,55-58,60H,1,11-14,16,18,20,22-26H2,2-9H3,(H,61,62)(H,63,64)/b33-17+,34-19+,35-21+,44-29-,46-27-,48-30-,49-28-/t36-,37+,39-,40+,43?,47?,51-/m0/s1. The minimum atomic E-state index is -0.968. The normalized spacial score (nSPS) is 25.4. The zero-order valence-electron chi connectivity index (χ0n) is 39.6. The van der Waals surface area contributed by atoms with E-state index in [2.05, 4.69) is 112 Å². The van der Waals surface area contributed by atoms with Crippen molar-refractivity contribution >= 4 is 36.5 Å². The van der Waals surface area contributed by atoms with Crippen molar-refractivity contribution in [1.29, 1.82) is 0 Å². The van der Waals surface area contributed by atoms with Crippen molar-refractivity contribution in [3.05, 3.63) is 121 Å². The maximum absolute atomic E-state index is 12.9. The second kappa shape index (κ2) is 23.1. The number of carboxylic acids is 2. The molecule has 5 heterocycles. The molecule has 2 aromatic rings. The average Bonchev–Trinajstić information content (AvgIpc) is 3.91. The summed E-state index contributed by atoms with van der Waals surface area (Å²) in [4.78, 5) is 43.6. The van der Waals surface area contributed by atoms with Gasteiger partial charge in [0.25, 0.3) is 0 Å². The topological polar surface area (TPSA) is 168 Å². The van der Waals surface area contributed by atoms with Crippen molar-refractivity contribution in [1.82, 2.24) is 20.6 Å². The van der Waals surface area contributed by atoms with Crippen LogP contribution in [0.2, 0.25) is 0 Å². The highest BCUT2D eigenvalue weighted by molar-refractivity contribution is 5.80. The van der Waals surface area contributed by atoms with E-state index in [0.717, 1.165) is 78.7 Å². The van der Waals surface area contributed by atoms with E-state index in [4.69, 9.17) is 0 Å². The zero-order chi connectivity index (χ0) is 46.7. The SMILES string of the molecule is C=C[C@@H]1/C2=C/C3NC(/C=c4\[nH]/c(c(C=O)c4CCC(=O)O)=C\c4[nH]c(c([C@@H](O)CC/C=C(\C)CC/C=C(\C)CC/C=C(\C)CCC=C(C)C)c4C)/C=C(\N2)[C@H]1C)[C@H](CCC(=O)O)[C@H]3C. The van der Waals surface area contributed by atoms with Gasteiger partial charge in [-0.2, -0.15) is 0 Å². The molecule has 0 aliphatic carbocycles. The fourth-order valence-corrected chi connectivity index (χ4v) is 9.79. The van der Waals surface area contributed by atoms with Crippen LogP contribution in [0, 0.1) is 30.6 Å². The smallest absolute Gasteiger partial charge is 0.303 e. The van der Waals surface area contributed by atoms with Gasteiger partial charge in [0.15, 0.2) is 6.29 Å². The number of aliphatic carboxylic acids is 2. The van der Waals surface area contributed by atoms with Crippen LogP contribution in [-0.2, 0) is 16.0 Å². The van der Waals surface area contributed by atoms with Gasteiger partial charge in [-0.05, 0) is 153 Å². The first-order valence-electron chi connectivity index (χ1n) is 23.4. The summed E-state index contributed by atoms with van der Waals surface area (Å²) in [6.45, 7) is 21.4. The lowest BCUT2D eigenvalue weighted by atomic mass is 9.83. The number of carboxylic acid groups (broad SMARTS) is 2. The molecule has 3 aliphatic rings. The van der Waals surface area contributed by atoms with Gasteiger partial charge < -0.3 is 35.9 Å². The number of aldehydes is 1. The van der Waals surface area contributed by atoms with Gasteiger partial charge in [-0.3, -0.25) is 14.4 Å². The van der Waals surface area contributed by atoms with Gasteiger partial charge in [0.05, 0.1) is 11.5 Å². The lowest BCUT2D eigenvalue weighted by molar-refractivity contribution is -0.138. The van der Waals surface area contributed by atoms with E-state index in [1.165, 1.54) is 22.3 Å². The molecule has 5 rings (SSSR count). The van der Waals surface area contributed by atoms with Crippen LogP contribution in [0.1, 0.15) is 164 Å². The van der Waals surface area contributed by atoms with Gasteiger partial charge in [-0.25, -0.2) is 0 Å². The minimum Gasteiger partial charge on any atom is -0.481 e. The first kappa shape index (κ1) is 49.8. The molecule has 0 saturated carbocycles. The van der Waals surface area contributed by atoms with Crippen LogP contribution < -0.4 is 21.3 Å². The maximum Gasteiger partial charge on any atom is 0.303 e. The van der Waals surface area contributed by atoms with E-state index < -0.39 is 18.0 Å². The Bertz CT molecular complexity index is 2340. The summed E-state index contributed by atoms with van der Waals surface area (Å²) in [5.41, 5.74) is 11.7. The first-order chi connectivity index (χ1) is 30.5. The number of hydrogen-bond donors (Lipinski definition) is 7. The number of nitrogens with one attached hydrogen (secondary N) is 4. The highest BCUT2D eigenvalue weighted by atomic mass is 16.4. The molecular weight excluding hydrogens is 801 g/mol. The van der Waals surface area contributed by atoms with Crippen LogP contribution in [0.5, 0.6) is 0 Å². The predicted octanol–water partition coefficient (Wildman–Crippen LogP) is 9.79. The Morgan fingerprint density at radius 1 is 0.766 bits per heavy atom. The summed E-state index contributed by atoms with van der Waals surface area (Å²) >= 11 is 0. The molecule has 346 valence electrons. The lowest BCUT2D eigenvalue weighted by Gasteiger charge is -2.20. The van der Waals surface area contributed by atoms with Crippen molar-refractivity contribution in [2.45, 2.75) is 151 Å². The number of allylic oxidation sites excluding steroid dienone is 10. The number of aliphatic hydroxyl groups excluding tert-OH is 1. The molecule has 0 amide bonds. The molecule has 2 aromatic heterocycles. The van der Waals surface area contributed by atoms with Crippen LogP contribution in [0.4, 0.5) is 0 Å². The number of aromatic amines is 2. The predicted molar refractivity (Wildman–Crippen MR) is 260 cm³/mol. The molecule has 0 aromatic carbocycles. The first-order valence-corrected chi connectivity index (χ1v) is 23.4. The fourth-order valence-electron chi connectivity index (χ4n) is 9.79. The van der Waals surface area contributed by atoms with Crippen molar-refractivity contribution in [2.75, 3.05) is 0 Å². The number of hydrogen-bond acceptors (Lipinski definition) is 6. The van der Waals surface area contributed by atoms with Crippen molar-refractivity contribution in [3.63, 3.8) is 0 Å². The van der Waals surface area contributed by atoms with E-state index in [9.17, 15) is 29.7 Å². The Kier molecular flexibility index (Phi) is 18.0. The monoisotopic (exact) mass is 875 g/mol. The molecule has 10 nitrogen and oxygen atoms in total. The van der Waals surface area contributed by atoms with Crippen molar-refractivity contribution in [2.24, 2.45) is 23.7 Å². The van der Waals surface area contributed by atoms with Crippen molar-refractivity contribution in [3.8, 4) is 0 Å². The molecule has 8 bridgehead atoms. The Morgan fingerprint density at radius 2 is 1.39 bits per heavy atom. The van der Waals surface area contributed by atoms with Gasteiger partial charge in [0, 0.05) is 76.0 Å². The van der Waals surface area contributed by atoms with E-state index in [-0.39, 0.29) is 55.0 Å². The third-order valence-electron chi connectivity index (χ3n) is 13.7. The average molecular weight is 875 g/mol. The number of aromatic nitrogens is 2. The molecule has 10 heteroatoms. The Balaban J connectivity index is 1.46. The number of aliphatic hydroxyl groups is 1. The third-order valence-corrected chi connectivity index (χ3v) is 13.7. The Labute approximate surface area is 380 Å². The molecule has 0 radical (unpaired) electrons. The molecule has 2 fully saturated rings. The number of fused-ring (bicyclic) bond motifs is 8. The summed E-state index contributed by atoms with van der Waals surface area (Å²) in [7, 11) is 0. The molecule has 64 heavy (non-hydrogen) atoms. The summed E-state index contributed by atoms with van der Waals surface area (Å²) in [5.74, 6) is -1.74. The molecule has 2 unspecified atom stereocenters. The summed E-state index contributed by atoms with van der Waals surface area (Å²) in [5, 5.41) is 40.0. The number of carbonyl (C=O) groups excluding carboxylic acids is 1. The minimum absolute atomic E-state index is 0.00519. The van der Waals surface area contributed by atoms with E-state index >= 15 is 0 Å². The Hall–Kier alpha value is -5.19. The quantitative estimate of drug-likeness (QED) is 0.0481. The van der Waals surface area contributed by atoms with Crippen LogP contribution in [0.25, 0.3) is 18.2 Å². The highest BCUT2D eigenvalue weighted by Gasteiger charge is 2.40. The molecule has 3 aliphatic heterocycles. The van der Waals surface area contributed by atoms with E-state index in [1.54, 1.807) is 0 Å². The number of carbonyl (C=O) groups is 3. The zero-order valence-corrected chi connectivity index (χ0v) is 39.6. The Morgan fingerprint density at radius 3 is 1.98 bits per heavy atom. The van der Waals surface area contributed by atoms with Crippen LogP contribution in [0.3, 0.4) is 0 Å².